The van der Waals surface area contributed by atoms with Gasteiger partial charge in [-0.15, -0.1) is 0 Å². The Morgan fingerprint density at radius 2 is 1.69 bits per heavy atom. The Bertz CT molecular complexity index is 1240. The number of nitrogens with zero attached hydrogens (tertiary/aromatic N) is 1. The largest absolute Gasteiger partial charge is 0.443 e. The summed E-state index contributed by atoms with van der Waals surface area (Å²) in [6.45, 7) is 5.63. The van der Waals surface area contributed by atoms with Gasteiger partial charge in [0, 0.05) is 23.5 Å². The van der Waals surface area contributed by atoms with Gasteiger partial charge in [0.2, 0.25) is 17.4 Å². The number of hydrogen-bond donors (Lipinski definition) is 1. The molecule has 6 nitrogen and oxygen atoms in total. The minimum Gasteiger partial charge on any atom is -0.443 e. The average molecular weight is 450 g/mol. The van der Waals surface area contributed by atoms with Crippen molar-refractivity contribution in [3.8, 4) is 5.75 Å². The van der Waals surface area contributed by atoms with Crippen LogP contribution in [0.5, 0.6) is 5.75 Å². The molecule has 0 saturated heterocycles. The zero-order valence-corrected chi connectivity index (χ0v) is 17.3. The van der Waals surface area contributed by atoms with Crippen LogP contribution in [0.1, 0.15) is 36.8 Å². The van der Waals surface area contributed by atoms with Gasteiger partial charge >= 0.3 is 12.1 Å². The van der Waals surface area contributed by atoms with E-state index < -0.39 is 46.7 Å². The van der Waals surface area contributed by atoms with Crippen LogP contribution in [-0.2, 0) is 11.2 Å². The van der Waals surface area contributed by atoms with E-state index in [1.165, 1.54) is 11.0 Å². The molecule has 2 heterocycles. The lowest BCUT2D eigenvalue weighted by molar-refractivity contribution is 0.0583. The summed E-state index contributed by atoms with van der Waals surface area (Å²) >= 11 is 0. The molecule has 0 fully saturated rings. The van der Waals surface area contributed by atoms with E-state index in [9.17, 15) is 27.2 Å². The van der Waals surface area contributed by atoms with Crippen molar-refractivity contribution < 1.29 is 36.6 Å². The summed E-state index contributed by atoms with van der Waals surface area (Å²) in [5.41, 5.74) is 1.02. The first-order chi connectivity index (χ1) is 15.0. The molecular formula is C22H18F4N2O4. The molecule has 4 rings (SSSR count). The molecule has 0 spiro atoms. The van der Waals surface area contributed by atoms with Crippen LogP contribution >= 0.6 is 0 Å². The predicted molar refractivity (Wildman–Crippen MR) is 107 cm³/mol. The van der Waals surface area contributed by atoms with Crippen molar-refractivity contribution in [3.63, 3.8) is 0 Å². The van der Waals surface area contributed by atoms with E-state index in [0.29, 0.717) is 29.6 Å². The third kappa shape index (κ3) is 3.76. The van der Waals surface area contributed by atoms with Gasteiger partial charge in [0.15, 0.2) is 11.6 Å². The summed E-state index contributed by atoms with van der Waals surface area (Å²) < 4.78 is 64.4. The van der Waals surface area contributed by atoms with Gasteiger partial charge in [-0.2, -0.15) is 8.78 Å². The molecule has 2 aromatic carbocycles. The van der Waals surface area contributed by atoms with Gasteiger partial charge in [0.25, 0.3) is 0 Å². The number of benzene rings is 2. The predicted octanol–water partition coefficient (Wildman–Crippen LogP) is 5.24. The zero-order valence-electron chi connectivity index (χ0n) is 17.3. The first-order valence-corrected chi connectivity index (χ1v) is 9.66. The molecule has 0 radical (unpaired) electrons. The monoisotopic (exact) mass is 450 g/mol. The first-order valence-electron chi connectivity index (χ1n) is 9.66. The van der Waals surface area contributed by atoms with Gasteiger partial charge in [-0.05, 0) is 51.0 Å². The number of esters is 1. The lowest BCUT2D eigenvalue weighted by Crippen LogP contribution is -2.35. The lowest BCUT2D eigenvalue weighted by Gasteiger charge is -2.24. The molecule has 168 valence electrons. The molecule has 32 heavy (non-hydrogen) atoms. The summed E-state index contributed by atoms with van der Waals surface area (Å²) in [5, 5.41) is 0.590. The molecule has 0 aliphatic carbocycles. The van der Waals surface area contributed by atoms with Crippen LogP contribution in [0.15, 0.2) is 24.3 Å². The number of ether oxygens (including phenoxy) is 2. The lowest BCUT2D eigenvalue weighted by atomic mass is 10.1. The number of carbonyl (C=O) groups is 2. The van der Waals surface area contributed by atoms with Gasteiger partial charge in [0.1, 0.15) is 11.3 Å². The maximum absolute atomic E-state index is 13.8. The standard InChI is InChI=1S/C22H18F4N2O4/c1-22(2,3)32-21(30)28-7-6-10-11-8-15(27-14(11)4-5-16(10)28)20(29)31-19-17(25)12(23)9-13(24)18(19)26/h4-5,8-9,27H,6-7H2,1-3H3. The molecule has 1 N–H and O–H groups in total. The van der Waals surface area contributed by atoms with Crippen LogP contribution < -0.4 is 9.64 Å². The Labute approximate surface area is 179 Å². The highest BCUT2D eigenvalue weighted by Crippen LogP contribution is 2.36. The summed E-state index contributed by atoms with van der Waals surface area (Å²) in [4.78, 5) is 29.1. The molecule has 0 bridgehead atoms. The van der Waals surface area contributed by atoms with E-state index in [1.807, 2.05) is 0 Å². The number of hydrogen-bond acceptors (Lipinski definition) is 4. The fourth-order valence-electron chi connectivity index (χ4n) is 3.52. The Morgan fingerprint density at radius 1 is 1.03 bits per heavy atom. The molecule has 0 saturated carbocycles. The highest BCUT2D eigenvalue weighted by molar-refractivity contribution is 6.01. The smallest absolute Gasteiger partial charge is 0.414 e. The Morgan fingerprint density at radius 3 is 2.31 bits per heavy atom. The third-order valence-electron chi connectivity index (χ3n) is 4.87. The number of nitrogens with one attached hydrogen (secondary N) is 1. The molecule has 1 aliphatic rings. The summed E-state index contributed by atoms with van der Waals surface area (Å²) in [6.07, 6.45) is -0.0266. The fraction of sp³-hybridized carbons (Fsp3) is 0.273. The Kier molecular flexibility index (Phi) is 5.10. The normalized spacial score (nSPS) is 13.4. The van der Waals surface area contributed by atoms with Crippen LogP contribution in [0.2, 0.25) is 0 Å². The topological polar surface area (TPSA) is 71.6 Å². The third-order valence-corrected chi connectivity index (χ3v) is 4.87. The number of fused-ring (bicyclic) bond motifs is 3. The molecule has 10 heteroatoms. The van der Waals surface area contributed by atoms with Crippen molar-refractivity contribution >= 4 is 28.7 Å². The van der Waals surface area contributed by atoms with Crippen LogP contribution in [0.3, 0.4) is 0 Å². The minimum atomic E-state index is -1.82. The number of H-pyrrole nitrogens is 1. The number of amides is 1. The summed E-state index contributed by atoms with van der Waals surface area (Å²) in [6, 6.07) is 4.71. The second-order valence-corrected chi connectivity index (χ2v) is 8.28. The quantitative estimate of drug-likeness (QED) is 0.251. The molecule has 0 unspecified atom stereocenters. The number of aromatic nitrogens is 1. The highest BCUT2D eigenvalue weighted by Gasteiger charge is 2.31. The summed E-state index contributed by atoms with van der Waals surface area (Å²) in [5.74, 6) is -9.72. The first kappa shape index (κ1) is 21.7. The average Bonchev–Trinajstić information content (AvgIpc) is 3.32. The Balaban J connectivity index is 1.65. The molecular weight excluding hydrogens is 432 g/mol. The van der Waals surface area contributed by atoms with Crippen molar-refractivity contribution in [1.82, 2.24) is 4.98 Å². The molecule has 3 aromatic rings. The number of carbonyl (C=O) groups excluding carboxylic acids is 2. The fourth-order valence-corrected chi connectivity index (χ4v) is 3.52. The van der Waals surface area contributed by atoms with Crippen LogP contribution in [0.25, 0.3) is 10.9 Å². The van der Waals surface area contributed by atoms with Crippen molar-refractivity contribution in [3.05, 3.63) is 58.8 Å². The van der Waals surface area contributed by atoms with Crippen LogP contribution in [-0.4, -0.2) is 29.2 Å². The number of anilines is 1. The number of rotatable bonds is 2. The van der Waals surface area contributed by atoms with Crippen LogP contribution in [0.4, 0.5) is 28.0 Å². The zero-order chi connectivity index (χ0) is 23.4. The molecule has 0 atom stereocenters. The minimum absolute atomic E-state index is 0.0185. The Hall–Kier alpha value is -3.56. The number of aromatic amines is 1. The van der Waals surface area contributed by atoms with Gasteiger partial charge in [0.05, 0.1) is 5.69 Å². The van der Waals surface area contributed by atoms with E-state index in [1.54, 1.807) is 32.9 Å². The summed E-state index contributed by atoms with van der Waals surface area (Å²) in [7, 11) is 0. The van der Waals surface area contributed by atoms with Crippen molar-refractivity contribution in [2.45, 2.75) is 32.8 Å². The van der Waals surface area contributed by atoms with E-state index in [4.69, 9.17) is 4.74 Å². The molecule has 1 amide bonds. The van der Waals surface area contributed by atoms with Gasteiger partial charge in [-0.25, -0.2) is 18.4 Å². The van der Waals surface area contributed by atoms with Gasteiger partial charge < -0.3 is 14.5 Å². The van der Waals surface area contributed by atoms with E-state index in [2.05, 4.69) is 9.72 Å². The SMILES string of the molecule is CC(C)(C)OC(=O)N1CCc2c1ccc1[nH]c(C(=O)Oc3c(F)c(F)cc(F)c3F)cc21. The van der Waals surface area contributed by atoms with Crippen molar-refractivity contribution in [2.75, 3.05) is 11.4 Å². The van der Waals surface area contributed by atoms with E-state index in [0.717, 1.165) is 5.56 Å². The van der Waals surface area contributed by atoms with E-state index in [-0.39, 0.29) is 11.8 Å². The second-order valence-electron chi connectivity index (χ2n) is 8.28. The highest BCUT2D eigenvalue weighted by atomic mass is 19.2. The molecule has 1 aromatic heterocycles. The number of halogens is 4. The van der Waals surface area contributed by atoms with Gasteiger partial charge in [-0.1, -0.05) is 0 Å². The molecule has 1 aliphatic heterocycles. The maximum atomic E-state index is 13.8. The van der Waals surface area contributed by atoms with E-state index >= 15 is 0 Å². The van der Waals surface area contributed by atoms with Crippen molar-refractivity contribution in [1.29, 1.82) is 0 Å². The van der Waals surface area contributed by atoms with Crippen LogP contribution in [0, 0.1) is 23.3 Å². The van der Waals surface area contributed by atoms with Gasteiger partial charge in [-0.3, -0.25) is 4.90 Å². The maximum Gasteiger partial charge on any atom is 0.414 e. The van der Waals surface area contributed by atoms with Crippen molar-refractivity contribution in [2.24, 2.45) is 0 Å². The second kappa shape index (κ2) is 7.54.